The smallest absolute Gasteiger partial charge is 0.188 e. The standard InChI is InChI=1S/C19H22N4O3S2.C18H20N4O3S3.C18H20N4O3S/c1-12(10-25)15-11-27-19(22-15)23-18-17(8-14(9-21-18)26-7-6-24)28-16-4-3-5-20-13(16)2;1-11-15(3-2-4-19-11)28-16-7-12(26-6-5-23)8-20-17(16)22-18-21-13(10-27-18)14(25)9-24;1-11-7-14(25-13-5-4-6-19-12(13)2)16(20-8-11)22-17-21-15(9-26-17)18(3,24)10-23/h3-5,8-9,11-12,24-25H,6-7,10H2,1-2H3,(H,21,22,23);2-4,7-8,10,14,23-25H,5-6,9H2,1H3,(H,20,21,22);4-9,23-24H,10H2,1-3H3,(H,20,21,22). The molecule has 0 bridgehead atoms. The highest BCUT2D eigenvalue weighted by atomic mass is 32.2. The van der Waals surface area contributed by atoms with E-state index in [2.05, 4.69) is 60.8 Å². The van der Waals surface area contributed by atoms with Gasteiger partial charge in [0.1, 0.15) is 41.4 Å². The van der Waals surface area contributed by atoms with Gasteiger partial charge in [0, 0.05) is 73.5 Å². The van der Waals surface area contributed by atoms with E-state index in [9.17, 15) is 20.4 Å². The normalized spacial score (nSPS) is 12.5. The molecule has 0 saturated heterocycles. The number of thioether (sulfide) groups is 1. The Morgan fingerprint density at radius 1 is 0.610 bits per heavy atom. The van der Waals surface area contributed by atoms with Gasteiger partial charge in [-0.05, 0) is 94.8 Å². The second-order valence-corrected chi connectivity index (χ2v) is 23.8. The predicted octanol–water partition coefficient (Wildman–Crippen LogP) is 10.1. The number of pyridine rings is 6. The molecular formula is C55H62N12O9S6. The van der Waals surface area contributed by atoms with Crippen LogP contribution in [0.3, 0.4) is 0 Å². The molecule has 0 aliphatic rings. The lowest BCUT2D eigenvalue weighted by molar-refractivity contribution is -0.00528. The van der Waals surface area contributed by atoms with E-state index in [0.717, 1.165) is 52.8 Å². The third kappa shape index (κ3) is 18.3. The topological polar surface area (TPSA) is 312 Å². The SMILES string of the molecule is Cc1cnc(Nc2nc(C(C)(O)CO)cs2)c(Oc2cccnc2C)c1.Cc1ncccc1Sc1cc(OCCO)cnc1Nc1nc(C(C)CO)cs1.Cc1ncccc1Sc1cc(SCCO)cnc1Nc1nc(C(O)CO)cs1. The average Bonchev–Trinajstić information content (AvgIpc) is 4.29. The zero-order valence-corrected chi connectivity index (χ0v) is 50.3. The van der Waals surface area contributed by atoms with Crippen molar-refractivity contribution >= 4 is 102 Å². The molecule has 0 amide bonds. The van der Waals surface area contributed by atoms with Crippen LogP contribution in [0.4, 0.5) is 32.8 Å². The van der Waals surface area contributed by atoms with Gasteiger partial charge in [0.2, 0.25) is 0 Å². The van der Waals surface area contributed by atoms with Crippen LogP contribution in [0.15, 0.2) is 132 Å². The molecule has 9 rings (SSSR count). The van der Waals surface area contributed by atoms with E-state index >= 15 is 0 Å². The van der Waals surface area contributed by atoms with E-state index in [0.29, 0.717) is 67.2 Å². The number of aliphatic hydroxyl groups excluding tert-OH is 6. The van der Waals surface area contributed by atoms with Crippen molar-refractivity contribution in [2.45, 2.75) is 83.6 Å². The van der Waals surface area contributed by atoms with Crippen molar-refractivity contribution in [2.24, 2.45) is 0 Å². The summed E-state index contributed by atoms with van der Waals surface area (Å²) in [5.74, 6) is 4.15. The number of aryl methyl sites for hydroxylation is 4. The number of thiazole rings is 3. The molecule has 9 aromatic rings. The van der Waals surface area contributed by atoms with E-state index in [1.54, 1.807) is 59.7 Å². The molecule has 0 fully saturated rings. The van der Waals surface area contributed by atoms with Crippen molar-refractivity contribution in [3.8, 4) is 17.2 Å². The second-order valence-electron chi connectivity index (χ2n) is 17.9. The number of hydrogen-bond donors (Lipinski definition) is 10. The van der Waals surface area contributed by atoms with Gasteiger partial charge in [-0.1, -0.05) is 30.4 Å². The minimum atomic E-state index is -1.39. The summed E-state index contributed by atoms with van der Waals surface area (Å²) in [5.41, 5.74) is 3.85. The Hall–Kier alpha value is -6.44. The fraction of sp³-hybridized carbons (Fsp3) is 0.291. The van der Waals surface area contributed by atoms with Crippen LogP contribution in [0.2, 0.25) is 0 Å². The van der Waals surface area contributed by atoms with Gasteiger partial charge in [0.15, 0.2) is 27.0 Å². The Morgan fingerprint density at radius 3 is 1.79 bits per heavy atom. The summed E-state index contributed by atoms with van der Waals surface area (Å²) >= 11 is 8.72. The number of rotatable bonds is 24. The number of anilines is 6. The lowest BCUT2D eigenvalue weighted by Crippen LogP contribution is -2.26. The van der Waals surface area contributed by atoms with Crippen molar-refractivity contribution < 1.29 is 45.2 Å². The van der Waals surface area contributed by atoms with Crippen LogP contribution in [0.1, 0.15) is 65.6 Å². The maximum absolute atomic E-state index is 10.1. The van der Waals surface area contributed by atoms with E-state index in [-0.39, 0.29) is 39.0 Å². The number of ether oxygens (including phenoxy) is 2. The lowest BCUT2D eigenvalue weighted by atomic mass is 10.1. The summed E-state index contributed by atoms with van der Waals surface area (Å²) in [7, 11) is 0. The van der Waals surface area contributed by atoms with Crippen LogP contribution in [0.25, 0.3) is 0 Å². The summed E-state index contributed by atoms with van der Waals surface area (Å²) in [6, 6.07) is 17.2. The maximum Gasteiger partial charge on any atom is 0.188 e. The number of aromatic nitrogens is 9. The second kappa shape index (κ2) is 31.3. The van der Waals surface area contributed by atoms with Crippen LogP contribution < -0.4 is 25.4 Å². The molecule has 0 spiro atoms. The first-order chi connectivity index (χ1) is 39.6. The van der Waals surface area contributed by atoms with Crippen LogP contribution in [0.5, 0.6) is 17.2 Å². The third-order valence-corrected chi connectivity index (χ3v) is 16.9. The summed E-state index contributed by atoms with van der Waals surface area (Å²) in [6.45, 7) is 10.7. The molecule has 27 heteroatoms. The van der Waals surface area contributed by atoms with Gasteiger partial charge in [-0.15, -0.1) is 45.8 Å². The van der Waals surface area contributed by atoms with Gasteiger partial charge in [0.05, 0.1) is 83.2 Å². The van der Waals surface area contributed by atoms with Gasteiger partial charge in [0.25, 0.3) is 0 Å². The summed E-state index contributed by atoms with van der Waals surface area (Å²) in [4.78, 5) is 44.2. The highest BCUT2D eigenvalue weighted by molar-refractivity contribution is 8.00. The molecular weight excluding hydrogens is 1170 g/mol. The van der Waals surface area contributed by atoms with Gasteiger partial charge >= 0.3 is 0 Å². The molecule has 432 valence electrons. The highest BCUT2D eigenvalue weighted by Gasteiger charge is 2.26. The minimum absolute atomic E-state index is 0.0131. The van der Waals surface area contributed by atoms with E-state index in [1.165, 1.54) is 64.5 Å². The molecule has 82 heavy (non-hydrogen) atoms. The quantitative estimate of drug-likeness (QED) is 0.0251. The molecule has 0 aliphatic heterocycles. The molecule has 0 aromatic carbocycles. The van der Waals surface area contributed by atoms with Crippen LogP contribution in [-0.2, 0) is 5.60 Å². The van der Waals surface area contributed by atoms with E-state index < -0.39 is 18.3 Å². The Balaban J connectivity index is 0.000000177. The van der Waals surface area contributed by atoms with Crippen molar-refractivity contribution in [2.75, 3.05) is 61.3 Å². The summed E-state index contributed by atoms with van der Waals surface area (Å²) in [6.07, 6.45) is 9.32. The van der Waals surface area contributed by atoms with Crippen LogP contribution in [-0.4, -0.2) is 126 Å². The van der Waals surface area contributed by atoms with Crippen LogP contribution >= 0.6 is 69.3 Å². The fourth-order valence-corrected chi connectivity index (χ4v) is 11.8. The highest BCUT2D eigenvalue weighted by Crippen LogP contribution is 2.40. The molecule has 10 N–H and O–H groups in total. The minimum Gasteiger partial charge on any atom is -0.490 e. The zero-order valence-electron chi connectivity index (χ0n) is 45.4. The lowest BCUT2D eigenvalue weighted by Gasteiger charge is -2.17. The van der Waals surface area contributed by atoms with Crippen LogP contribution in [0, 0.1) is 27.7 Å². The van der Waals surface area contributed by atoms with Gasteiger partial charge < -0.3 is 61.2 Å². The third-order valence-electron chi connectivity index (χ3n) is 11.3. The zero-order chi connectivity index (χ0) is 58.6. The first-order valence-electron chi connectivity index (χ1n) is 25.2. The van der Waals surface area contributed by atoms with Gasteiger partial charge in [-0.25, -0.2) is 29.9 Å². The molecule has 0 saturated carbocycles. The van der Waals surface area contributed by atoms with Gasteiger partial charge in [-0.2, -0.15) is 0 Å². The van der Waals surface area contributed by atoms with Crippen molar-refractivity contribution in [3.05, 3.63) is 148 Å². The number of nitrogens with one attached hydrogen (secondary N) is 3. The Kier molecular flexibility index (Phi) is 24.1. The maximum atomic E-state index is 10.1. The molecule has 0 radical (unpaired) electrons. The monoisotopic (exact) mass is 1230 g/mol. The summed E-state index contributed by atoms with van der Waals surface area (Å²) in [5, 5.41) is 82.3. The Morgan fingerprint density at radius 2 is 1.18 bits per heavy atom. The van der Waals surface area contributed by atoms with Crippen molar-refractivity contribution in [1.82, 2.24) is 44.9 Å². The number of nitrogens with zero attached hydrogens (tertiary/aromatic N) is 9. The number of aliphatic hydroxyl groups is 7. The van der Waals surface area contributed by atoms with E-state index in [1.807, 2.05) is 94.6 Å². The molecule has 9 heterocycles. The Bertz CT molecular complexity index is 3310. The number of hydrogen-bond acceptors (Lipinski definition) is 27. The molecule has 3 atom stereocenters. The Labute approximate surface area is 498 Å². The largest absolute Gasteiger partial charge is 0.490 e. The first-order valence-corrected chi connectivity index (χ1v) is 30.5. The van der Waals surface area contributed by atoms with Gasteiger partial charge in [-0.3, -0.25) is 15.0 Å². The van der Waals surface area contributed by atoms with E-state index in [4.69, 9.17) is 24.8 Å². The van der Waals surface area contributed by atoms with Crippen molar-refractivity contribution in [1.29, 1.82) is 0 Å². The fourth-order valence-electron chi connectivity index (χ4n) is 6.70. The predicted molar refractivity (Wildman–Crippen MR) is 323 cm³/mol. The first kappa shape index (κ1) is 63.1. The van der Waals surface area contributed by atoms with Crippen molar-refractivity contribution in [3.63, 3.8) is 0 Å². The molecule has 9 aromatic heterocycles. The average molecular weight is 1230 g/mol. The molecule has 0 aliphatic carbocycles. The summed E-state index contributed by atoms with van der Waals surface area (Å²) < 4.78 is 11.5. The molecule has 3 unspecified atom stereocenters. The molecule has 21 nitrogen and oxygen atoms in total.